The highest BCUT2D eigenvalue weighted by molar-refractivity contribution is 5.97. The molecule has 1 aliphatic rings. The van der Waals surface area contributed by atoms with Crippen molar-refractivity contribution in [3.05, 3.63) is 83.5 Å². The molecule has 0 spiro atoms. The number of piperazine rings is 1. The van der Waals surface area contributed by atoms with Gasteiger partial charge in [0.1, 0.15) is 0 Å². The van der Waals surface area contributed by atoms with Gasteiger partial charge in [-0.2, -0.15) is 5.10 Å². The molecule has 4 heterocycles. The lowest BCUT2D eigenvalue weighted by atomic mass is 10.0. The summed E-state index contributed by atoms with van der Waals surface area (Å²) in [4.78, 5) is 21.9. The first kappa shape index (κ1) is 20.6. The van der Waals surface area contributed by atoms with Gasteiger partial charge in [0.2, 0.25) is 5.56 Å². The smallest absolute Gasteiger partial charge is 0.248 e. The van der Waals surface area contributed by atoms with Gasteiger partial charge < -0.3 is 15.2 Å². The molecule has 1 saturated heterocycles. The van der Waals surface area contributed by atoms with Crippen LogP contribution in [0.5, 0.6) is 0 Å². The van der Waals surface area contributed by atoms with E-state index in [1.165, 1.54) is 5.69 Å². The number of hydrogen-bond acceptors (Lipinski definition) is 5. The quantitative estimate of drug-likeness (QED) is 0.433. The summed E-state index contributed by atoms with van der Waals surface area (Å²) >= 11 is 0. The maximum atomic E-state index is 11.7. The van der Waals surface area contributed by atoms with Gasteiger partial charge in [-0.3, -0.25) is 4.79 Å². The van der Waals surface area contributed by atoms with E-state index in [0.717, 1.165) is 51.9 Å². The highest BCUT2D eigenvalue weighted by atomic mass is 16.1. The summed E-state index contributed by atoms with van der Waals surface area (Å²) in [7, 11) is 0. The summed E-state index contributed by atoms with van der Waals surface area (Å²) < 4.78 is 1.82. The highest BCUT2D eigenvalue weighted by Crippen LogP contribution is 2.31. The second kappa shape index (κ2) is 8.11. The Hall–Kier alpha value is -3.97. The number of benzene rings is 2. The molecule has 2 aromatic carbocycles. The predicted molar refractivity (Wildman–Crippen MR) is 136 cm³/mol. The fraction of sp³-hybridized carbons (Fsp3) is 0.222. The van der Waals surface area contributed by atoms with Gasteiger partial charge in [0.25, 0.3) is 0 Å². The first-order valence-corrected chi connectivity index (χ1v) is 11.6. The number of rotatable bonds is 3. The van der Waals surface area contributed by atoms with Crippen LogP contribution in [0.4, 0.5) is 5.69 Å². The Labute approximate surface area is 197 Å². The van der Waals surface area contributed by atoms with Crippen molar-refractivity contribution in [2.24, 2.45) is 0 Å². The number of aromatic amines is 1. The summed E-state index contributed by atoms with van der Waals surface area (Å²) in [5.74, 6) is 0. The highest BCUT2D eigenvalue weighted by Gasteiger charge is 2.24. The number of aromatic nitrogens is 4. The summed E-state index contributed by atoms with van der Waals surface area (Å²) in [6.07, 6.45) is 5.75. The molecule has 0 aliphatic carbocycles. The summed E-state index contributed by atoms with van der Waals surface area (Å²) in [5.41, 5.74) is 6.75. The lowest BCUT2D eigenvalue weighted by Gasteiger charge is -2.41. The largest absolute Gasteiger partial charge is 0.364 e. The van der Waals surface area contributed by atoms with Gasteiger partial charge in [-0.15, -0.1) is 0 Å². The Morgan fingerprint density at radius 1 is 0.882 bits per heavy atom. The van der Waals surface area contributed by atoms with E-state index in [1.807, 2.05) is 47.4 Å². The van der Waals surface area contributed by atoms with Gasteiger partial charge in [0, 0.05) is 71.4 Å². The van der Waals surface area contributed by atoms with Crippen LogP contribution >= 0.6 is 0 Å². The molecular weight excluding hydrogens is 424 g/mol. The normalized spacial score (nSPS) is 18.6. The molecule has 0 radical (unpaired) electrons. The third-order valence-electron chi connectivity index (χ3n) is 6.74. The van der Waals surface area contributed by atoms with Gasteiger partial charge in [-0.05, 0) is 49.2 Å². The summed E-state index contributed by atoms with van der Waals surface area (Å²) in [6, 6.07) is 18.9. The number of H-pyrrole nitrogens is 1. The third-order valence-corrected chi connectivity index (χ3v) is 6.74. The maximum absolute atomic E-state index is 11.7. The molecule has 6 rings (SSSR count). The van der Waals surface area contributed by atoms with Gasteiger partial charge >= 0.3 is 0 Å². The number of fused-ring (bicyclic) bond motifs is 2. The van der Waals surface area contributed by atoms with Crippen molar-refractivity contribution in [3.63, 3.8) is 0 Å². The summed E-state index contributed by atoms with van der Waals surface area (Å²) in [6.45, 7) is 6.52. The standard InChI is InChI=1S/C27H26N6O/c1-17-12-28-13-18(2)33(17)21-8-6-19(7-9-21)20-14-29-27-24(15-30-32(27)16-20)22-4-3-5-25-23(22)10-11-26(34)31-25/h3-11,14-18,28H,12-13H2,1-2H3,(H,31,34). The van der Waals surface area contributed by atoms with E-state index in [1.54, 1.807) is 6.07 Å². The molecule has 0 bridgehead atoms. The molecule has 2 unspecified atom stereocenters. The van der Waals surface area contributed by atoms with E-state index >= 15 is 0 Å². The first-order chi connectivity index (χ1) is 16.6. The zero-order valence-corrected chi connectivity index (χ0v) is 19.2. The Balaban J connectivity index is 1.35. The molecule has 3 aromatic heterocycles. The van der Waals surface area contributed by atoms with E-state index in [0.29, 0.717) is 12.1 Å². The lowest BCUT2D eigenvalue weighted by molar-refractivity contribution is 0.432. The van der Waals surface area contributed by atoms with E-state index in [-0.39, 0.29) is 5.56 Å². The van der Waals surface area contributed by atoms with Gasteiger partial charge in [-0.1, -0.05) is 24.3 Å². The third kappa shape index (κ3) is 3.45. The second-order valence-electron chi connectivity index (χ2n) is 9.07. The van der Waals surface area contributed by atoms with Gasteiger partial charge in [-0.25, -0.2) is 9.50 Å². The van der Waals surface area contributed by atoms with Gasteiger partial charge in [0.05, 0.1) is 6.20 Å². The molecule has 2 atom stereocenters. The minimum Gasteiger partial charge on any atom is -0.364 e. The molecule has 170 valence electrons. The Bertz CT molecular complexity index is 1540. The van der Waals surface area contributed by atoms with Crippen LogP contribution in [0, 0.1) is 0 Å². The van der Waals surface area contributed by atoms with E-state index in [2.05, 4.69) is 58.4 Å². The first-order valence-electron chi connectivity index (χ1n) is 11.6. The zero-order chi connectivity index (χ0) is 23.2. The van der Waals surface area contributed by atoms with Crippen LogP contribution in [0.25, 0.3) is 38.8 Å². The van der Waals surface area contributed by atoms with Crippen LogP contribution in [0.15, 0.2) is 78.0 Å². The molecule has 0 amide bonds. The topological polar surface area (TPSA) is 78.3 Å². The molecule has 0 saturated carbocycles. The minimum absolute atomic E-state index is 0.112. The fourth-order valence-corrected chi connectivity index (χ4v) is 5.10. The zero-order valence-electron chi connectivity index (χ0n) is 19.2. The monoisotopic (exact) mass is 450 g/mol. The minimum atomic E-state index is -0.112. The average molecular weight is 451 g/mol. The van der Waals surface area contributed by atoms with E-state index in [4.69, 9.17) is 4.98 Å². The molecule has 7 nitrogen and oxygen atoms in total. The van der Waals surface area contributed by atoms with Crippen LogP contribution in [0.3, 0.4) is 0 Å². The Kier molecular flexibility index (Phi) is 4.92. The molecule has 34 heavy (non-hydrogen) atoms. The molecule has 2 N–H and O–H groups in total. The van der Waals surface area contributed by atoms with Crippen LogP contribution in [0.2, 0.25) is 0 Å². The molecular formula is C27H26N6O. The van der Waals surface area contributed by atoms with Crippen LogP contribution in [-0.4, -0.2) is 44.8 Å². The molecule has 1 aliphatic heterocycles. The van der Waals surface area contributed by atoms with E-state index in [9.17, 15) is 4.79 Å². The predicted octanol–water partition coefficient (Wildman–Crippen LogP) is 4.09. The van der Waals surface area contributed by atoms with Crippen molar-refractivity contribution in [2.45, 2.75) is 25.9 Å². The molecule has 7 heteroatoms. The van der Waals surface area contributed by atoms with Crippen LogP contribution in [-0.2, 0) is 0 Å². The van der Waals surface area contributed by atoms with Crippen molar-refractivity contribution in [2.75, 3.05) is 18.0 Å². The Morgan fingerprint density at radius 3 is 2.47 bits per heavy atom. The lowest BCUT2D eigenvalue weighted by Crippen LogP contribution is -2.55. The fourth-order valence-electron chi connectivity index (χ4n) is 5.10. The van der Waals surface area contributed by atoms with Crippen LogP contribution < -0.4 is 15.8 Å². The molecule has 5 aromatic rings. The SMILES string of the molecule is CC1CNCC(C)N1c1ccc(-c2cnc3c(-c4cccc5[nH]c(=O)ccc45)cnn3c2)cc1. The number of hydrogen-bond donors (Lipinski definition) is 2. The number of pyridine rings is 1. The summed E-state index contributed by atoms with van der Waals surface area (Å²) in [5, 5.41) is 9.04. The Morgan fingerprint density at radius 2 is 1.68 bits per heavy atom. The number of nitrogens with one attached hydrogen (secondary N) is 2. The van der Waals surface area contributed by atoms with Crippen molar-refractivity contribution in [1.29, 1.82) is 0 Å². The van der Waals surface area contributed by atoms with Gasteiger partial charge in [0.15, 0.2) is 5.65 Å². The maximum Gasteiger partial charge on any atom is 0.248 e. The van der Waals surface area contributed by atoms with Crippen LogP contribution in [0.1, 0.15) is 13.8 Å². The van der Waals surface area contributed by atoms with E-state index < -0.39 is 0 Å². The number of nitrogens with zero attached hydrogens (tertiary/aromatic N) is 4. The second-order valence-corrected chi connectivity index (χ2v) is 9.07. The van der Waals surface area contributed by atoms with Crippen molar-refractivity contribution in [3.8, 4) is 22.3 Å². The average Bonchev–Trinajstić information content (AvgIpc) is 3.27. The van der Waals surface area contributed by atoms with Crippen molar-refractivity contribution in [1.82, 2.24) is 24.9 Å². The van der Waals surface area contributed by atoms with Crippen molar-refractivity contribution < 1.29 is 0 Å². The number of anilines is 1. The molecule has 1 fully saturated rings. The van der Waals surface area contributed by atoms with Crippen molar-refractivity contribution >= 4 is 22.2 Å².